The van der Waals surface area contributed by atoms with Crippen LogP contribution in [0.3, 0.4) is 0 Å². The number of hydrazine groups is 1. The molecule has 0 bridgehead atoms. The number of hydrogen-bond acceptors (Lipinski definition) is 3. The van der Waals surface area contributed by atoms with Gasteiger partial charge in [-0.25, -0.2) is 0 Å². The average molecular weight is 286 g/mol. The second-order valence-electron chi connectivity index (χ2n) is 5.69. The number of rotatable bonds is 16. The van der Waals surface area contributed by atoms with Crippen molar-refractivity contribution in [2.24, 2.45) is 5.84 Å². The first-order valence-corrected chi connectivity index (χ1v) is 8.42. The zero-order valence-corrected chi connectivity index (χ0v) is 13.0. The molecule has 20 heavy (non-hydrogen) atoms. The van der Waals surface area contributed by atoms with Gasteiger partial charge in [0.1, 0.15) is 0 Å². The van der Waals surface area contributed by atoms with Gasteiger partial charge in [-0.3, -0.25) is 16.1 Å². The Kier molecular flexibility index (Phi) is 15.9. The van der Waals surface area contributed by atoms with Gasteiger partial charge in [-0.2, -0.15) is 0 Å². The molecule has 4 N–H and O–H groups in total. The van der Waals surface area contributed by atoms with Crippen LogP contribution in [0.1, 0.15) is 89.9 Å². The average Bonchev–Trinajstić information content (AvgIpc) is 2.43. The molecular weight excluding hydrogens is 252 g/mol. The Bertz CT molecular complexity index is 211. The molecule has 0 aromatic carbocycles. The van der Waals surface area contributed by atoms with Crippen LogP contribution in [0.25, 0.3) is 0 Å². The van der Waals surface area contributed by atoms with Crippen LogP contribution in [0.15, 0.2) is 0 Å². The SMILES string of the molecule is NNCCCCCCCCCCCCCCCC(=O)O. The second kappa shape index (κ2) is 16.4. The predicted molar refractivity (Wildman–Crippen MR) is 84.5 cm³/mol. The molecule has 0 amide bonds. The molecule has 0 aliphatic carbocycles. The Morgan fingerprint density at radius 1 is 0.700 bits per heavy atom. The smallest absolute Gasteiger partial charge is 0.303 e. The summed E-state index contributed by atoms with van der Waals surface area (Å²) >= 11 is 0. The van der Waals surface area contributed by atoms with Crippen LogP contribution >= 0.6 is 0 Å². The van der Waals surface area contributed by atoms with Crippen LogP contribution in [0.2, 0.25) is 0 Å². The Balaban J connectivity index is 2.94. The Hall–Kier alpha value is -0.610. The maximum atomic E-state index is 10.3. The monoisotopic (exact) mass is 286 g/mol. The zero-order valence-electron chi connectivity index (χ0n) is 13.0. The van der Waals surface area contributed by atoms with Crippen molar-refractivity contribution in [3.05, 3.63) is 0 Å². The van der Waals surface area contributed by atoms with Crippen LogP contribution in [0.5, 0.6) is 0 Å². The highest BCUT2D eigenvalue weighted by Crippen LogP contribution is 2.12. The fourth-order valence-corrected chi connectivity index (χ4v) is 2.45. The third-order valence-corrected chi connectivity index (χ3v) is 3.71. The van der Waals surface area contributed by atoms with Gasteiger partial charge in [0.25, 0.3) is 0 Å². The second-order valence-corrected chi connectivity index (χ2v) is 5.69. The standard InChI is InChI=1S/C16H34N2O2/c17-18-15-13-11-9-7-5-3-1-2-4-6-8-10-12-14-16(19)20/h18H,1-15,17H2,(H,19,20). The van der Waals surface area contributed by atoms with Gasteiger partial charge in [0.2, 0.25) is 0 Å². The summed E-state index contributed by atoms with van der Waals surface area (Å²) < 4.78 is 0. The summed E-state index contributed by atoms with van der Waals surface area (Å²) in [6.07, 6.45) is 16.7. The molecule has 0 spiro atoms. The van der Waals surface area contributed by atoms with Gasteiger partial charge in [0, 0.05) is 13.0 Å². The third kappa shape index (κ3) is 17.4. The number of aliphatic carboxylic acids is 1. The lowest BCUT2D eigenvalue weighted by molar-refractivity contribution is -0.137. The van der Waals surface area contributed by atoms with E-state index in [4.69, 9.17) is 10.9 Å². The molecule has 0 radical (unpaired) electrons. The topological polar surface area (TPSA) is 75.3 Å². The first-order chi connectivity index (χ1) is 9.77. The van der Waals surface area contributed by atoms with Crippen molar-refractivity contribution in [1.82, 2.24) is 5.43 Å². The van der Waals surface area contributed by atoms with E-state index in [9.17, 15) is 4.79 Å². The zero-order chi connectivity index (χ0) is 14.9. The van der Waals surface area contributed by atoms with Gasteiger partial charge in [-0.15, -0.1) is 0 Å². The van der Waals surface area contributed by atoms with Gasteiger partial charge < -0.3 is 5.11 Å². The number of nitrogens with one attached hydrogen (secondary N) is 1. The molecular formula is C16H34N2O2. The van der Waals surface area contributed by atoms with Crippen LogP contribution in [-0.2, 0) is 4.79 Å². The quantitative estimate of drug-likeness (QED) is 0.228. The third-order valence-electron chi connectivity index (χ3n) is 3.71. The summed E-state index contributed by atoms with van der Waals surface area (Å²) in [5, 5.41) is 8.51. The highest BCUT2D eigenvalue weighted by molar-refractivity contribution is 5.66. The van der Waals surface area contributed by atoms with Crippen molar-refractivity contribution in [2.75, 3.05) is 6.54 Å². The molecule has 0 heterocycles. The molecule has 0 aromatic heterocycles. The maximum absolute atomic E-state index is 10.3. The van der Waals surface area contributed by atoms with E-state index in [0.29, 0.717) is 6.42 Å². The predicted octanol–water partition coefficient (Wildman–Crippen LogP) is 4.00. The molecule has 0 aromatic rings. The van der Waals surface area contributed by atoms with Crippen molar-refractivity contribution in [2.45, 2.75) is 89.9 Å². The van der Waals surface area contributed by atoms with Crippen molar-refractivity contribution >= 4 is 5.97 Å². The van der Waals surface area contributed by atoms with E-state index in [1.54, 1.807) is 0 Å². The molecule has 4 nitrogen and oxygen atoms in total. The van der Waals surface area contributed by atoms with Gasteiger partial charge in [-0.05, 0) is 12.8 Å². The number of carboxylic acids is 1. The number of carbonyl (C=O) groups is 1. The highest BCUT2D eigenvalue weighted by atomic mass is 16.4. The largest absolute Gasteiger partial charge is 0.481 e. The lowest BCUT2D eigenvalue weighted by Crippen LogP contribution is -2.22. The van der Waals surface area contributed by atoms with E-state index in [2.05, 4.69) is 5.43 Å². The lowest BCUT2D eigenvalue weighted by atomic mass is 10.0. The van der Waals surface area contributed by atoms with Gasteiger partial charge in [-0.1, -0.05) is 70.6 Å². The normalized spacial score (nSPS) is 10.8. The fourth-order valence-electron chi connectivity index (χ4n) is 2.45. The molecule has 0 atom stereocenters. The van der Waals surface area contributed by atoms with Crippen molar-refractivity contribution < 1.29 is 9.90 Å². The van der Waals surface area contributed by atoms with Crippen LogP contribution in [0, 0.1) is 0 Å². The molecule has 0 aliphatic heterocycles. The molecule has 0 unspecified atom stereocenters. The van der Waals surface area contributed by atoms with Gasteiger partial charge in [0.05, 0.1) is 0 Å². The Morgan fingerprint density at radius 2 is 1.05 bits per heavy atom. The summed E-state index contributed by atoms with van der Waals surface area (Å²) in [5.74, 6) is 4.55. The maximum Gasteiger partial charge on any atom is 0.303 e. The molecule has 0 fully saturated rings. The summed E-state index contributed by atoms with van der Waals surface area (Å²) in [4.78, 5) is 10.3. The highest BCUT2D eigenvalue weighted by Gasteiger charge is 1.97. The molecule has 120 valence electrons. The molecule has 0 saturated carbocycles. The summed E-state index contributed by atoms with van der Waals surface area (Å²) in [5.41, 5.74) is 2.69. The van der Waals surface area contributed by atoms with E-state index in [-0.39, 0.29) is 0 Å². The van der Waals surface area contributed by atoms with Crippen molar-refractivity contribution in [3.63, 3.8) is 0 Å². The van der Waals surface area contributed by atoms with E-state index >= 15 is 0 Å². The molecule has 0 aliphatic rings. The van der Waals surface area contributed by atoms with E-state index in [1.807, 2.05) is 0 Å². The van der Waals surface area contributed by atoms with E-state index in [1.165, 1.54) is 70.6 Å². The molecule has 0 rings (SSSR count). The summed E-state index contributed by atoms with van der Waals surface area (Å²) in [7, 11) is 0. The summed E-state index contributed by atoms with van der Waals surface area (Å²) in [6.45, 7) is 0.937. The van der Waals surface area contributed by atoms with Gasteiger partial charge in [0.15, 0.2) is 0 Å². The first kappa shape index (κ1) is 19.4. The number of carboxylic acid groups (broad SMARTS) is 1. The van der Waals surface area contributed by atoms with E-state index < -0.39 is 5.97 Å². The minimum Gasteiger partial charge on any atom is -0.481 e. The number of nitrogens with two attached hydrogens (primary N) is 1. The van der Waals surface area contributed by atoms with Crippen LogP contribution < -0.4 is 11.3 Å². The van der Waals surface area contributed by atoms with Crippen LogP contribution in [-0.4, -0.2) is 17.6 Å². The number of hydrogen-bond donors (Lipinski definition) is 3. The van der Waals surface area contributed by atoms with Crippen LogP contribution in [0.4, 0.5) is 0 Å². The molecule has 0 saturated heterocycles. The minimum absolute atomic E-state index is 0.335. The Labute approximate surface area is 124 Å². The van der Waals surface area contributed by atoms with Crippen molar-refractivity contribution in [1.29, 1.82) is 0 Å². The van der Waals surface area contributed by atoms with E-state index in [0.717, 1.165) is 19.4 Å². The lowest BCUT2D eigenvalue weighted by Gasteiger charge is -2.03. The fraction of sp³-hybridized carbons (Fsp3) is 0.938. The minimum atomic E-state index is -0.663. The number of unbranched alkanes of at least 4 members (excludes halogenated alkanes) is 12. The summed E-state index contributed by atoms with van der Waals surface area (Å²) in [6, 6.07) is 0. The Morgan fingerprint density at radius 3 is 1.40 bits per heavy atom. The molecule has 4 heteroatoms. The van der Waals surface area contributed by atoms with Crippen molar-refractivity contribution in [3.8, 4) is 0 Å². The first-order valence-electron chi connectivity index (χ1n) is 8.42. The van der Waals surface area contributed by atoms with Gasteiger partial charge >= 0.3 is 5.97 Å².